The number of nitrogens with one attached hydrogen (secondary N) is 1. The Morgan fingerprint density at radius 3 is 2.53 bits per heavy atom. The van der Waals surface area contributed by atoms with Crippen LogP contribution in [0.3, 0.4) is 0 Å². The maximum absolute atomic E-state index is 9.68. The number of rotatable bonds is 7. The average molecular weight is 265 g/mol. The summed E-state index contributed by atoms with van der Waals surface area (Å²) in [5.41, 5.74) is 0.487. The highest BCUT2D eigenvalue weighted by Gasteiger charge is 2.13. The van der Waals surface area contributed by atoms with E-state index < -0.39 is 5.60 Å². The second-order valence-electron chi connectivity index (χ2n) is 6.23. The zero-order valence-corrected chi connectivity index (χ0v) is 12.8. The predicted octanol–water partition coefficient (Wildman–Crippen LogP) is 3.34. The van der Waals surface area contributed by atoms with Crippen LogP contribution >= 0.6 is 0 Å². The molecule has 0 spiro atoms. The van der Waals surface area contributed by atoms with Crippen LogP contribution in [-0.2, 0) is 0 Å². The smallest absolute Gasteiger partial charge is 0.129 e. The molecule has 1 heterocycles. The van der Waals surface area contributed by atoms with Crippen molar-refractivity contribution in [3.05, 3.63) is 18.1 Å². The molecule has 1 aromatic rings. The molecule has 0 fully saturated rings. The summed E-state index contributed by atoms with van der Waals surface area (Å²) in [4.78, 5) is 8.50. The molecule has 4 nitrogen and oxygen atoms in total. The number of aliphatic hydroxyl groups is 1. The van der Waals surface area contributed by atoms with Gasteiger partial charge in [0.15, 0.2) is 0 Å². The van der Waals surface area contributed by atoms with E-state index in [1.165, 1.54) is 0 Å². The summed E-state index contributed by atoms with van der Waals surface area (Å²) in [6, 6.07) is 2.36. The Labute approximate surface area is 116 Å². The third-order valence-corrected chi connectivity index (χ3v) is 3.10. The number of aromatic nitrogens is 2. The monoisotopic (exact) mass is 265 g/mol. The van der Waals surface area contributed by atoms with E-state index in [0.717, 1.165) is 30.8 Å². The lowest BCUT2D eigenvalue weighted by molar-refractivity contribution is 0.0680. The molecule has 1 aromatic heterocycles. The molecular weight excluding hydrogens is 238 g/mol. The largest absolute Gasteiger partial charge is 0.390 e. The van der Waals surface area contributed by atoms with Gasteiger partial charge < -0.3 is 10.4 Å². The molecule has 1 rings (SSSR count). The normalized spacial score (nSPS) is 13.6. The summed E-state index contributed by atoms with van der Waals surface area (Å²) in [6.45, 7) is 10.1. The molecule has 1 unspecified atom stereocenters. The van der Waals surface area contributed by atoms with Gasteiger partial charge in [0, 0.05) is 17.8 Å². The van der Waals surface area contributed by atoms with Gasteiger partial charge in [-0.1, -0.05) is 13.8 Å². The van der Waals surface area contributed by atoms with Gasteiger partial charge in [-0.25, -0.2) is 9.97 Å². The standard InChI is InChI=1S/C15H27N3O/c1-11(2)13-9-14(17-10-16-13)18-12(3)7-6-8-15(4,5)19/h9-12,19H,6-8H2,1-5H3,(H,16,17,18). The van der Waals surface area contributed by atoms with Gasteiger partial charge in [0.2, 0.25) is 0 Å². The van der Waals surface area contributed by atoms with Crippen LogP contribution in [-0.4, -0.2) is 26.7 Å². The molecule has 1 atom stereocenters. The lowest BCUT2D eigenvalue weighted by Crippen LogP contribution is -2.21. The summed E-state index contributed by atoms with van der Waals surface area (Å²) in [5.74, 6) is 1.29. The first-order valence-corrected chi connectivity index (χ1v) is 7.09. The van der Waals surface area contributed by atoms with Crippen molar-refractivity contribution in [2.24, 2.45) is 0 Å². The van der Waals surface area contributed by atoms with Crippen molar-refractivity contribution in [3.63, 3.8) is 0 Å². The van der Waals surface area contributed by atoms with E-state index in [-0.39, 0.29) is 0 Å². The topological polar surface area (TPSA) is 58.0 Å². The van der Waals surface area contributed by atoms with Gasteiger partial charge in [-0.2, -0.15) is 0 Å². The number of hydrogen-bond acceptors (Lipinski definition) is 4. The molecule has 4 heteroatoms. The fraction of sp³-hybridized carbons (Fsp3) is 0.733. The van der Waals surface area contributed by atoms with Gasteiger partial charge in [-0.05, 0) is 46.0 Å². The van der Waals surface area contributed by atoms with E-state index >= 15 is 0 Å². The Morgan fingerprint density at radius 2 is 1.95 bits per heavy atom. The summed E-state index contributed by atoms with van der Waals surface area (Å²) in [7, 11) is 0. The van der Waals surface area contributed by atoms with Gasteiger partial charge in [-0.3, -0.25) is 0 Å². The Kier molecular flexibility index (Phi) is 5.73. The van der Waals surface area contributed by atoms with Crippen molar-refractivity contribution in [3.8, 4) is 0 Å². The van der Waals surface area contributed by atoms with Crippen LogP contribution in [0, 0.1) is 0 Å². The Bertz CT molecular complexity index is 385. The van der Waals surface area contributed by atoms with Crippen molar-refractivity contribution in [1.29, 1.82) is 0 Å². The molecule has 108 valence electrons. The van der Waals surface area contributed by atoms with Crippen LogP contribution < -0.4 is 5.32 Å². The SMILES string of the molecule is CC(CCCC(C)(C)O)Nc1cc(C(C)C)ncn1. The average Bonchev–Trinajstić information content (AvgIpc) is 2.27. The van der Waals surface area contributed by atoms with Crippen LogP contribution in [0.2, 0.25) is 0 Å². The molecule has 0 aliphatic carbocycles. The maximum atomic E-state index is 9.68. The molecule has 0 radical (unpaired) electrons. The fourth-order valence-electron chi connectivity index (χ4n) is 1.93. The minimum Gasteiger partial charge on any atom is -0.390 e. The molecule has 0 aromatic carbocycles. The van der Waals surface area contributed by atoms with Gasteiger partial charge in [-0.15, -0.1) is 0 Å². The van der Waals surface area contributed by atoms with Crippen LogP contribution in [0.25, 0.3) is 0 Å². The Balaban J connectivity index is 2.44. The lowest BCUT2D eigenvalue weighted by atomic mass is 10.00. The minimum atomic E-state index is -0.570. The van der Waals surface area contributed by atoms with Crippen molar-refractivity contribution in [2.75, 3.05) is 5.32 Å². The molecule has 0 aliphatic heterocycles. The highest BCUT2D eigenvalue weighted by atomic mass is 16.3. The minimum absolute atomic E-state index is 0.345. The zero-order valence-electron chi connectivity index (χ0n) is 12.8. The van der Waals surface area contributed by atoms with Gasteiger partial charge in [0.05, 0.1) is 5.60 Å². The van der Waals surface area contributed by atoms with E-state index in [4.69, 9.17) is 0 Å². The van der Waals surface area contributed by atoms with Crippen molar-refractivity contribution in [2.45, 2.75) is 71.4 Å². The number of nitrogens with zero attached hydrogens (tertiary/aromatic N) is 2. The molecule has 19 heavy (non-hydrogen) atoms. The van der Waals surface area contributed by atoms with Crippen LogP contribution in [0.1, 0.15) is 65.5 Å². The summed E-state index contributed by atoms with van der Waals surface area (Å²) in [6.07, 6.45) is 4.45. The molecule has 0 bridgehead atoms. The van der Waals surface area contributed by atoms with Crippen LogP contribution in [0.15, 0.2) is 12.4 Å². The van der Waals surface area contributed by atoms with E-state index in [1.807, 2.05) is 19.9 Å². The number of hydrogen-bond donors (Lipinski definition) is 2. The maximum Gasteiger partial charge on any atom is 0.129 e. The van der Waals surface area contributed by atoms with E-state index in [0.29, 0.717) is 12.0 Å². The summed E-state index contributed by atoms with van der Waals surface area (Å²) in [5, 5.41) is 13.1. The first kappa shape index (κ1) is 15.9. The van der Waals surface area contributed by atoms with Gasteiger partial charge in [0.1, 0.15) is 12.1 Å². The molecule has 0 saturated carbocycles. The van der Waals surface area contributed by atoms with E-state index in [1.54, 1.807) is 6.33 Å². The van der Waals surface area contributed by atoms with Crippen LogP contribution in [0.4, 0.5) is 5.82 Å². The molecule has 0 amide bonds. The Morgan fingerprint density at radius 1 is 1.26 bits per heavy atom. The van der Waals surface area contributed by atoms with Crippen LogP contribution in [0.5, 0.6) is 0 Å². The zero-order chi connectivity index (χ0) is 14.5. The van der Waals surface area contributed by atoms with Crippen molar-refractivity contribution >= 4 is 5.82 Å². The first-order chi connectivity index (χ1) is 8.78. The summed E-state index contributed by atoms with van der Waals surface area (Å²) < 4.78 is 0. The van der Waals surface area contributed by atoms with Gasteiger partial charge in [0.25, 0.3) is 0 Å². The second-order valence-corrected chi connectivity index (χ2v) is 6.23. The van der Waals surface area contributed by atoms with E-state index in [9.17, 15) is 5.11 Å². The van der Waals surface area contributed by atoms with Crippen molar-refractivity contribution in [1.82, 2.24) is 9.97 Å². The fourth-order valence-corrected chi connectivity index (χ4v) is 1.93. The first-order valence-electron chi connectivity index (χ1n) is 7.09. The molecular formula is C15H27N3O. The number of anilines is 1. The third kappa shape index (κ3) is 6.53. The molecule has 0 aliphatic rings. The Hall–Kier alpha value is -1.16. The molecule has 2 N–H and O–H groups in total. The highest BCUT2D eigenvalue weighted by molar-refractivity contribution is 5.36. The van der Waals surface area contributed by atoms with E-state index in [2.05, 4.69) is 36.1 Å². The quantitative estimate of drug-likeness (QED) is 0.794. The lowest BCUT2D eigenvalue weighted by Gasteiger charge is -2.19. The predicted molar refractivity (Wildman–Crippen MR) is 79.4 cm³/mol. The van der Waals surface area contributed by atoms with Crippen molar-refractivity contribution < 1.29 is 5.11 Å². The third-order valence-electron chi connectivity index (χ3n) is 3.10. The van der Waals surface area contributed by atoms with Gasteiger partial charge >= 0.3 is 0 Å². The molecule has 0 saturated heterocycles. The highest BCUT2D eigenvalue weighted by Crippen LogP contribution is 2.17. The summed E-state index contributed by atoms with van der Waals surface area (Å²) >= 11 is 0. The second kappa shape index (κ2) is 6.85.